The number of sulfonamides is 1. The van der Waals surface area contributed by atoms with Crippen molar-refractivity contribution in [3.05, 3.63) is 53.3 Å². The molecule has 0 spiro atoms. The summed E-state index contributed by atoms with van der Waals surface area (Å²) in [4.78, 5) is 7.11. The van der Waals surface area contributed by atoms with E-state index < -0.39 is 10.0 Å². The first-order valence-corrected chi connectivity index (χ1v) is 7.56. The van der Waals surface area contributed by atoms with Crippen molar-refractivity contribution in [3.63, 3.8) is 0 Å². The molecule has 1 N–H and O–H groups in total. The standard InChI is InChI=1S/C12H11ClFN3O2S/c13-12-15-7-10(8-16-12)20(18,19)17-6-5-9-3-1-2-4-11(9)14/h1-4,7-8,17H,5-6H2. The van der Waals surface area contributed by atoms with Crippen LogP contribution in [0.5, 0.6) is 0 Å². The zero-order valence-electron chi connectivity index (χ0n) is 10.3. The molecule has 1 aromatic carbocycles. The highest BCUT2D eigenvalue weighted by Crippen LogP contribution is 2.09. The smallest absolute Gasteiger partial charge is 0.225 e. The number of nitrogens with zero attached hydrogens (tertiary/aromatic N) is 2. The minimum atomic E-state index is -3.72. The Morgan fingerprint density at radius 1 is 1.20 bits per heavy atom. The van der Waals surface area contributed by atoms with Gasteiger partial charge in [-0.15, -0.1) is 0 Å². The maximum Gasteiger partial charge on any atom is 0.243 e. The number of nitrogens with one attached hydrogen (secondary N) is 1. The van der Waals surface area contributed by atoms with E-state index in [0.717, 1.165) is 12.4 Å². The lowest BCUT2D eigenvalue weighted by Crippen LogP contribution is -2.26. The lowest BCUT2D eigenvalue weighted by Gasteiger charge is -2.06. The fourth-order valence-corrected chi connectivity index (χ4v) is 2.56. The molecule has 0 atom stereocenters. The Labute approximate surface area is 120 Å². The van der Waals surface area contributed by atoms with Crippen molar-refractivity contribution >= 4 is 21.6 Å². The maximum atomic E-state index is 13.4. The van der Waals surface area contributed by atoms with Gasteiger partial charge in [0.1, 0.15) is 10.7 Å². The summed E-state index contributed by atoms with van der Waals surface area (Å²) in [5.41, 5.74) is 0.447. The number of rotatable bonds is 5. The van der Waals surface area contributed by atoms with Crippen LogP contribution in [0.2, 0.25) is 5.28 Å². The third-order valence-electron chi connectivity index (χ3n) is 2.55. The topological polar surface area (TPSA) is 72.0 Å². The number of halogens is 2. The fraction of sp³-hybridized carbons (Fsp3) is 0.167. The Kier molecular flexibility index (Phi) is 4.64. The van der Waals surface area contributed by atoms with Crippen molar-refractivity contribution in [2.75, 3.05) is 6.54 Å². The first-order chi connectivity index (χ1) is 9.49. The zero-order chi connectivity index (χ0) is 14.6. The number of hydrogen-bond donors (Lipinski definition) is 1. The van der Waals surface area contributed by atoms with Crippen molar-refractivity contribution in [1.82, 2.24) is 14.7 Å². The average molecular weight is 316 g/mol. The van der Waals surface area contributed by atoms with Gasteiger partial charge >= 0.3 is 0 Å². The van der Waals surface area contributed by atoms with Gasteiger partial charge in [-0.2, -0.15) is 0 Å². The van der Waals surface area contributed by atoms with E-state index >= 15 is 0 Å². The third-order valence-corrected chi connectivity index (χ3v) is 4.16. The molecule has 0 saturated heterocycles. The van der Waals surface area contributed by atoms with E-state index in [2.05, 4.69) is 14.7 Å². The lowest BCUT2D eigenvalue weighted by atomic mass is 10.1. The predicted molar refractivity (Wildman–Crippen MR) is 72.3 cm³/mol. The summed E-state index contributed by atoms with van der Waals surface area (Å²) in [6.07, 6.45) is 2.47. The van der Waals surface area contributed by atoms with Gasteiger partial charge in [0.2, 0.25) is 15.3 Å². The SMILES string of the molecule is O=S(=O)(NCCc1ccccc1F)c1cnc(Cl)nc1. The molecule has 2 rings (SSSR count). The molecule has 0 radical (unpaired) electrons. The van der Waals surface area contributed by atoms with Crippen molar-refractivity contribution < 1.29 is 12.8 Å². The second-order valence-electron chi connectivity index (χ2n) is 3.93. The Balaban J connectivity index is 2.00. The van der Waals surface area contributed by atoms with E-state index in [4.69, 9.17) is 11.6 Å². The van der Waals surface area contributed by atoms with E-state index in [9.17, 15) is 12.8 Å². The average Bonchev–Trinajstić information content (AvgIpc) is 2.41. The largest absolute Gasteiger partial charge is 0.243 e. The summed E-state index contributed by atoms with van der Waals surface area (Å²) in [5.74, 6) is -0.360. The molecule has 0 aliphatic carbocycles. The van der Waals surface area contributed by atoms with Gasteiger partial charge in [-0.3, -0.25) is 0 Å². The molecule has 2 aromatic rings. The molecule has 0 fully saturated rings. The minimum absolute atomic E-state index is 0.0321. The van der Waals surface area contributed by atoms with E-state index in [0.29, 0.717) is 5.56 Å². The Hall–Kier alpha value is -1.57. The monoisotopic (exact) mass is 315 g/mol. The summed E-state index contributed by atoms with van der Waals surface area (Å²) < 4.78 is 39.5. The Bertz CT molecular complexity index is 692. The van der Waals surface area contributed by atoms with Crippen LogP contribution < -0.4 is 4.72 Å². The molecule has 5 nitrogen and oxygen atoms in total. The van der Waals surface area contributed by atoms with Gasteiger partial charge in [0.15, 0.2) is 0 Å². The normalized spacial score (nSPS) is 11.5. The van der Waals surface area contributed by atoms with E-state index in [-0.39, 0.29) is 29.0 Å². The van der Waals surface area contributed by atoms with E-state index in [1.54, 1.807) is 18.2 Å². The van der Waals surface area contributed by atoms with Crippen LogP contribution in [-0.4, -0.2) is 24.9 Å². The van der Waals surface area contributed by atoms with Gasteiger partial charge in [0.25, 0.3) is 0 Å². The summed E-state index contributed by atoms with van der Waals surface area (Å²) in [6, 6.07) is 6.21. The molecule has 1 heterocycles. The highest BCUT2D eigenvalue weighted by Gasteiger charge is 2.14. The molecule has 0 bridgehead atoms. The molecule has 8 heteroatoms. The number of benzene rings is 1. The highest BCUT2D eigenvalue weighted by atomic mass is 35.5. The molecular weight excluding hydrogens is 305 g/mol. The molecule has 0 aliphatic rings. The molecule has 1 aromatic heterocycles. The molecule has 20 heavy (non-hydrogen) atoms. The summed E-state index contributed by atoms with van der Waals surface area (Å²) >= 11 is 5.48. The minimum Gasteiger partial charge on any atom is -0.225 e. The summed E-state index contributed by atoms with van der Waals surface area (Å²) in [7, 11) is -3.72. The van der Waals surface area contributed by atoms with Crippen LogP contribution in [0, 0.1) is 5.82 Å². The predicted octanol–water partition coefficient (Wildman–Crippen LogP) is 1.79. The van der Waals surface area contributed by atoms with Gasteiger partial charge in [-0.05, 0) is 29.7 Å². The van der Waals surface area contributed by atoms with Gasteiger partial charge in [-0.1, -0.05) is 18.2 Å². The molecule has 106 valence electrons. The van der Waals surface area contributed by atoms with Crippen molar-refractivity contribution in [2.24, 2.45) is 0 Å². The Morgan fingerprint density at radius 3 is 2.50 bits per heavy atom. The van der Waals surface area contributed by atoms with Crippen LogP contribution in [0.4, 0.5) is 4.39 Å². The Morgan fingerprint density at radius 2 is 1.85 bits per heavy atom. The van der Waals surface area contributed by atoms with E-state index in [1.165, 1.54) is 6.07 Å². The zero-order valence-corrected chi connectivity index (χ0v) is 11.8. The first-order valence-electron chi connectivity index (χ1n) is 5.69. The highest BCUT2D eigenvalue weighted by molar-refractivity contribution is 7.89. The summed E-state index contributed by atoms with van der Waals surface area (Å²) in [5, 5.41) is -0.0321. The molecular formula is C12H11ClFN3O2S. The van der Waals surface area contributed by atoms with Crippen LogP contribution >= 0.6 is 11.6 Å². The van der Waals surface area contributed by atoms with Gasteiger partial charge in [0, 0.05) is 6.54 Å². The van der Waals surface area contributed by atoms with Crippen LogP contribution in [0.25, 0.3) is 0 Å². The van der Waals surface area contributed by atoms with Gasteiger partial charge in [0.05, 0.1) is 12.4 Å². The second kappa shape index (κ2) is 6.25. The molecule has 0 saturated carbocycles. The third kappa shape index (κ3) is 3.72. The number of hydrogen-bond acceptors (Lipinski definition) is 4. The van der Waals surface area contributed by atoms with Crippen LogP contribution in [0.15, 0.2) is 41.6 Å². The van der Waals surface area contributed by atoms with E-state index in [1.807, 2.05) is 0 Å². The van der Waals surface area contributed by atoms with Crippen LogP contribution in [0.1, 0.15) is 5.56 Å². The number of aromatic nitrogens is 2. The van der Waals surface area contributed by atoms with Crippen LogP contribution in [-0.2, 0) is 16.4 Å². The quantitative estimate of drug-likeness (QED) is 0.854. The van der Waals surface area contributed by atoms with Gasteiger partial charge < -0.3 is 0 Å². The van der Waals surface area contributed by atoms with Gasteiger partial charge in [-0.25, -0.2) is 27.5 Å². The van der Waals surface area contributed by atoms with Crippen molar-refractivity contribution in [3.8, 4) is 0 Å². The maximum absolute atomic E-state index is 13.4. The van der Waals surface area contributed by atoms with Crippen molar-refractivity contribution in [1.29, 1.82) is 0 Å². The second-order valence-corrected chi connectivity index (χ2v) is 6.03. The molecule has 0 aliphatic heterocycles. The molecule has 0 amide bonds. The lowest BCUT2D eigenvalue weighted by molar-refractivity contribution is 0.576. The van der Waals surface area contributed by atoms with Crippen molar-refractivity contribution in [2.45, 2.75) is 11.3 Å². The van der Waals surface area contributed by atoms with Crippen LogP contribution in [0.3, 0.4) is 0 Å². The fourth-order valence-electron chi connectivity index (χ4n) is 1.54. The molecule has 0 unspecified atom stereocenters. The summed E-state index contributed by atoms with van der Waals surface area (Å²) in [6.45, 7) is 0.0753. The first kappa shape index (κ1) is 14.8.